The Labute approximate surface area is 172 Å². The fraction of sp³-hybridized carbons (Fsp3) is 0.850. The van der Waals surface area contributed by atoms with E-state index >= 15 is 0 Å². The Morgan fingerprint density at radius 1 is 1.00 bits per heavy atom. The maximum Gasteiger partial charge on any atom is 0.411 e. The van der Waals surface area contributed by atoms with Crippen molar-refractivity contribution in [1.82, 2.24) is 4.90 Å². The van der Waals surface area contributed by atoms with Gasteiger partial charge in [0.25, 0.3) is 0 Å². The monoisotopic (exact) mass is 417 g/mol. The van der Waals surface area contributed by atoms with E-state index in [1.807, 2.05) is 20.8 Å². The van der Waals surface area contributed by atoms with Crippen LogP contribution < -0.4 is 0 Å². The molecule has 0 aliphatic carbocycles. The molecule has 0 bridgehead atoms. The summed E-state index contributed by atoms with van der Waals surface area (Å²) >= 11 is 1.71. The highest BCUT2D eigenvalue weighted by Crippen LogP contribution is 2.31. The average Bonchev–Trinajstić information content (AvgIpc) is 2.95. The maximum absolute atomic E-state index is 12.6. The summed E-state index contributed by atoms with van der Waals surface area (Å²) in [7, 11) is 1.39. The summed E-state index contributed by atoms with van der Waals surface area (Å²) in [5, 5.41) is 0.128. The number of carbonyl (C=O) groups is 3. The standard InChI is InChI=1S/C20H35NO6S/c1-19(2,3)26-17(23)15-12-14(28-11-9-8-10-16(22)25-7)13-21(15)18(24)27-20(4,5)6/h14-15H,8-13H2,1-7H3/t14-,15+/m1/s1. The lowest BCUT2D eigenvalue weighted by Crippen LogP contribution is -2.45. The zero-order chi connectivity index (χ0) is 21.5. The Kier molecular flexibility index (Phi) is 9.11. The number of ether oxygens (including phenoxy) is 3. The second-order valence-electron chi connectivity index (χ2n) is 8.94. The third kappa shape index (κ3) is 9.17. The Morgan fingerprint density at radius 2 is 1.61 bits per heavy atom. The van der Waals surface area contributed by atoms with Crippen LogP contribution in [0, 0.1) is 0 Å². The van der Waals surface area contributed by atoms with Crippen molar-refractivity contribution in [2.75, 3.05) is 19.4 Å². The van der Waals surface area contributed by atoms with Crippen LogP contribution in [-0.4, -0.2) is 64.8 Å². The van der Waals surface area contributed by atoms with Gasteiger partial charge in [-0.05, 0) is 66.6 Å². The van der Waals surface area contributed by atoms with E-state index in [-0.39, 0.29) is 11.2 Å². The minimum Gasteiger partial charge on any atom is -0.469 e. The molecule has 1 rings (SSSR count). The van der Waals surface area contributed by atoms with Gasteiger partial charge in [0.05, 0.1) is 7.11 Å². The number of rotatable bonds is 7. The van der Waals surface area contributed by atoms with E-state index in [2.05, 4.69) is 4.74 Å². The highest BCUT2D eigenvalue weighted by atomic mass is 32.2. The molecule has 0 aromatic heterocycles. The van der Waals surface area contributed by atoms with E-state index in [1.165, 1.54) is 12.0 Å². The fourth-order valence-corrected chi connectivity index (χ4v) is 4.05. The smallest absolute Gasteiger partial charge is 0.411 e. The van der Waals surface area contributed by atoms with Gasteiger partial charge in [-0.2, -0.15) is 11.8 Å². The van der Waals surface area contributed by atoms with Crippen molar-refractivity contribution in [3.63, 3.8) is 0 Å². The predicted molar refractivity (Wildman–Crippen MR) is 109 cm³/mol. The molecular weight excluding hydrogens is 382 g/mol. The third-order valence-electron chi connectivity index (χ3n) is 3.93. The van der Waals surface area contributed by atoms with Crippen molar-refractivity contribution < 1.29 is 28.6 Å². The lowest BCUT2D eigenvalue weighted by molar-refractivity contribution is -0.160. The number of amides is 1. The van der Waals surface area contributed by atoms with Crippen molar-refractivity contribution in [3.05, 3.63) is 0 Å². The molecule has 1 aliphatic heterocycles. The molecule has 0 radical (unpaired) electrons. The van der Waals surface area contributed by atoms with Crippen LogP contribution in [0.1, 0.15) is 67.2 Å². The molecule has 0 aromatic rings. The lowest BCUT2D eigenvalue weighted by Gasteiger charge is -2.29. The Balaban J connectivity index is 2.66. The number of carbonyl (C=O) groups excluding carboxylic acids is 3. The van der Waals surface area contributed by atoms with Gasteiger partial charge in [0.2, 0.25) is 0 Å². The van der Waals surface area contributed by atoms with Gasteiger partial charge in [-0.15, -0.1) is 0 Å². The van der Waals surface area contributed by atoms with Gasteiger partial charge in [0, 0.05) is 18.2 Å². The number of esters is 2. The van der Waals surface area contributed by atoms with Gasteiger partial charge in [0.15, 0.2) is 0 Å². The molecule has 1 fully saturated rings. The van der Waals surface area contributed by atoms with Crippen molar-refractivity contribution in [2.24, 2.45) is 0 Å². The fourth-order valence-electron chi connectivity index (χ4n) is 2.76. The van der Waals surface area contributed by atoms with Gasteiger partial charge < -0.3 is 14.2 Å². The number of nitrogens with zero attached hydrogens (tertiary/aromatic N) is 1. The first kappa shape index (κ1) is 24.6. The molecule has 0 N–H and O–H groups in total. The van der Waals surface area contributed by atoms with E-state index in [0.717, 1.165) is 18.6 Å². The van der Waals surface area contributed by atoms with Gasteiger partial charge in [-0.1, -0.05) is 0 Å². The number of thioether (sulfide) groups is 1. The van der Waals surface area contributed by atoms with E-state index in [9.17, 15) is 14.4 Å². The number of hydrogen-bond acceptors (Lipinski definition) is 7. The van der Waals surface area contributed by atoms with Gasteiger partial charge in [-0.3, -0.25) is 9.69 Å². The molecule has 1 heterocycles. The number of likely N-dealkylation sites (tertiary alicyclic amines) is 1. The molecular formula is C20H35NO6S. The largest absolute Gasteiger partial charge is 0.469 e. The molecule has 162 valence electrons. The second kappa shape index (κ2) is 10.4. The van der Waals surface area contributed by atoms with Crippen molar-refractivity contribution in [3.8, 4) is 0 Å². The van der Waals surface area contributed by atoms with Crippen LogP contribution in [0.4, 0.5) is 4.79 Å². The van der Waals surface area contributed by atoms with Crippen LogP contribution in [0.15, 0.2) is 0 Å². The highest BCUT2D eigenvalue weighted by Gasteiger charge is 2.43. The van der Waals surface area contributed by atoms with E-state index in [4.69, 9.17) is 9.47 Å². The van der Waals surface area contributed by atoms with E-state index in [1.54, 1.807) is 32.5 Å². The molecule has 0 unspecified atom stereocenters. The first-order chi connectivity index (χ1) is 12.8. The molecule has 1 amide bonds. The maximum atomic E-state index is 12.6. The summed E-state index contributed by atoms with van der Waals surface area (Å²) in [5.74, 6) is 0.254. The Hall–Kier alpha value is -1.44. The van der Waals surface area contributed by atoms with Crippen LogP contribution in [0.3, 0.4) is 0 Å². The first-order valence-electron chi connectivity index (χ1n) is 9.73. The van der Waals surface area contributed by atoms with E-state index in [0.29, 0.717) is 19.4 Å². The third-order valence-corrected chi connectivity index (χ3v) is 5.26. The van der Waals surface area contributed by atoms with Crippen LogP contribution in [0.25, 0.3) is 0 Å². The predicted octanol–water partition coefficient (Wildman–Crippen LogP) is 3.78. The second-order valence-corrected chi connectivity index (χ2v) is 10.4. The Bertz CT molecular complexity index is 516. The summed E-state index contributed by atoms with van der Waals surface area (Å²) in [6.45, 7) is 11.3. The summed E-state index contributed by atoms with van der Waals surface area (Å²) in [4.78, 5) is 37.9. The number of unbranched alkanes of at least 4 members (excludes halogenated alkanes) is 1. The summed E-state index contributed by atoms with van der Waals surface area (Å²) in [5.41, 5.74) is -1.25. The van der Waals surface area contributed by atoms with Crippen LogP contribution in [0.2, 0.25) is 0 Å². The summed E-state index contributed by atoms with van der Waals surface area (Å²) in [6.07, 6.45) is 2.09. The number of hydrogen-bond donors (Lipinski definition) is 0. The molecule has 8 heteroatoms. The number of methoxy groups -OCH3 is 1. The summed E-state index contributed by atoms with van der Waals surface area (Å²) < 4.78 is 15.6. The topological polar surface area (TPSA) is 82.1 Å². The first-order valence-corrected chi connectivity index (χ1v) is 10.8. The quantitative estimate of drug-likeness (QED) is 0.354. The Morgan fingerprint density at radius 3 is 2.14 bits per heavy atom. The van der Waals surface area contributed by atoms with Crippen LogP contribution in [0.5, 0.6) is 0 Å². The molecule has 0 spiro atoms. The zero-order valence-electron chi connectivity index (χ0n) is 18.2. The summed E-state index contributed by atoms with van der Waals surface area (Å²) in [6, 6.07) is -0.637. The average molecular weight is 418 g/mol. The minimum absolute atomic E-state index is 0.128. The van der Waals surface area contributed by atoms with Gasteiger partial charge in [-0.25, -0.2) is 9.59 Å². The zero-order valence-corrected chi connectivity index (χ0v) is 19.0. The van der Waals surface area contributed by atoms with Crippen molar-refractivity contribution >= 4 is 29.8 Å². The SMILES string of the molecule is COC(=O)CCCCS[C@@H]1C[C@@H](C(=O)OC(C)(C)C)N(C(=O)OC(C)(C)C)C1. The van der Waals surface area contributed by atoms with Crippen LogP contribution in [-0.2, 0) is 23.8 Å². The molecule has 0 saturated carbocycles. The molecule has 28 heavy (non-hydrogen) atoms. The molecule has 0 aromatic carbocycles. The minimum atomic E-state index is -0.637. The van der Waals surface area contributed by atoms with Crippen LogP contribution >= 0.6 is 11.8 Å². The lowest BCUT2D eigenvalue weighted by atomic mass is 10.1. The van der Waals surface area contributed by atoms with Gasteiger partial charge >= 0.3 is 18.0 Å². The molecule has 1 saturated heterocycles. The van der Waals surface area contributed by atoms with Crippen molar-refractivity contribution in [1.29, 1.82) is 0 Å². The normalized spacial score (nSPS) is 20.0. The van der Waals surface area contributed by atoms with Gasteiger partial charge in [0.1, 0.15) is 17.2 Å². The van der Waals surface area contributed by atoms with E-state index < -0.39 is 29.3 Å². The molecule has 2 atom stereocenters. The molecule has 1 aliphatic rings. The van der Waals surface area contributed by atoms with Crippen molar-refractivity contribution in [2.45, 2.75) is 89.7 Å². The highest BCUT2D eigenvalue weighted by molar-refractivity contribution is 7.99. The molecule has 7 nitrogen and oxygen atoms in total.